The molecule has 0 aliphatic rings. The van der Waals surface area contributed by atoms with E-state index in [4.69, 9.17) is 10.00 Å². The molecule has 0 fully saturated rings. The summed E-state index contributed by atoms with van der Waals surface area (Å²) in [5, 5.41) is 8.95. The Kier molecular flexibility index (Phi) is 6.38. The number of hydrogen-bond acceptors (Lipinski definition) is 3. The average Bonchev–Trinajstić information content (AvgIpc) is 2.44. The normalized spacial score (nSPS) is 10.5. The minimum atomic E-state index is 0.516. The fraction of sp³-hybridized carbons (Fsp3) is 0.562. The van der Waals surface area contributed by atoms with Gasteiger partial charge < -0.3 is 9.64 Å². The first-order valence-electron chi connectivity index (χ1n) is 6.94. The van der Waals surface area contributed by atoms with Crippen molar-refractivity contribution in [2.45, 2.75) is 39.7 Å². The van der Waals surface area contributed by atoms with Crippen molar-refractivity contribution in [3.8, 4) is 6.07 Å². The smallest absolute Gasteiger partial charge is 0.0991 e. The van der Waals surface area contributed by atoms with Crippen molar-refractivity contribution in [1.29, 1.82) is 5.26 Å². The van der Waals surface area contributed by atoms with Crippen LogP contribution in [0.15, 0.2) is 18.2 Å². The lowest BCUT2D eigenvalue weighted by atomic mass is 10.0. The van der Waals surface area contributed by atoms with Gasteiger partial charge >= 0.3 is 0 Å². The Hall–Kier alpha value is -1.53. The van der Waals surface area contributed by atoms with Crippen LogP contribution in [-0.2, 0) is 4.74 Å². The van der Waals surface area contributed by atoms with Crippen LogP contribution in [-0.4, -0.2) is 26.3 Å². The van der Waals surface area contributed by atoms with Gasteiger partial charge in [0.2, 0.25) is 0 Å². The van der Waals surface area contributed by atoms with Crippen molar-refractivity contribution >= 4 is 5.69 Å². The van der Waals surface area contributed by atoms with E-state index in [0.717, 1.165) is 37.1 Å². The van der Waals surface area contributed by atoms with Gasteiger partial charge in [-0.2, -0.15) is 5.26 Å². The molecule has 0 spiro atoms. The van der Waals surface area contributed by atoms with Crippen LogP contribution in [0.2, 0.25) is 0 Å². The summed E-state index contributed by atoms with van der Waals surface area (Å²) >= 11 is 0. The van der Waals surface area contributed by atoms with Gasteiger partial charge in [-0.1, -0.05) is 13.8 Å². The predicted octanol–water partition coefficient (Wildman–Crippen LogP) is 3.51. The summed E-state index contributed by atoms with van der Waals surface area (Å²) in [4.78, 5) is 2.40. The summed E-state index contributed by atoms with van der Waals surface area (Å²) in [5.74, 6) is 0. The van der Waals surface area contributed by atoms with Crippen molar-refractivity contribution in [1.82, 2.24) is 0 Å². The number of aryl methyl sites for hydroxylation is 1. The maximum Gasteiger partial charge on any atom is 0.0991 e. The molecule has 0 aliphatic carbocycles. The highest BCUT2D eigenvalue weighted by molar-refractivity contribution is 5.56. The van der Waals surface area contributed by atoms with Crippen LogP contribution in [0.4, 0.5) is 5.69 Å². The standard InChI is InChI=1S/C16H24N2O/c1-5-15(6-2)18(9-10-19-4)16-8-7-14(12-17)11-13(16)3/h7-8,11,15H,5-6,9-10H2,1-4H3. The van der Waals surface area contributed by atoms with Crippen molar-refractivity contribution in [3.05, 3.63) is 29.3 Å². The molecule has 0 N–H and O–H groups in total. The van der Waals surface area contributed by atoms with Crippen molar-refractivity contribution in [3.63, 3.8) is 0 Å². The van der Waals surface area contributed by atoms with Gasteiger partial charge in [0.25, 0.3) is 0 Å². The molecular formula is C16H24N2O. The Balaban J connectivity index is 3.06. The third kappa shape index (κ3) is 3.97. The van der Waals surface area contributed by atoms with E-state index in [-0.39, 0.29) is 0 Å². The summed E-state index contributed by atoms with van der Waals surface area (Å²) in [6, 6.07) is 8.61. The summed E-state index contributed by atoms with van der Waals surface area (Å²) in [7, 11) is 1.73. The zero-order valence-corrected chi connectivity index (χ0v) is 12.4. The zero-order chi connectivity index (χ0) is 14.3. The lowest BCUT2D eigenvalue weighted by molar-refractivity contribution is 0.202. The monoisotopic (exact) mass is 260 g/mol. The number of ether oxygens (including phenoxy) is 1. The van der Waals surface area contributed by atoms with E-state index in [1.807, 2.05) is 12.1 Å². The first kappa shape index (κ1) is 15.5. The molecule has 0 saturated carbocycles. The molecule has 0 aliphatic heterocycles. The molecular weight excluding hydrogens is 236 g/mol. The van der Waals surface area contributed by atoms with Gasteiger partial charge in [-0.05, 0) is 43.5 Å². The van der Waals surface area contributed by atoms with Gasteiger partial charge in [0.05, 0.1) is 18.2 Å². The molecule has 1 aromatic carbocycles. The maximum atomic E-state index is 8.95. The molecule has 3 heteroatoms. The minimum absolute atomic E-state index is 0.516. The number of rotatable bonds is 7. The van der Waals surface area contributed by atoms with E-state index in [1.54, 1.807) is 7.11 Å². The van der Waals surface area contributed by atoms with Crippen LogP contribution in [0.1, 0.15) is 37.8 Å². The highest BCUT2D eigenvalue weighted by Crippen LogP contribution is 2.25. The number of nitrogens with zero attached hydrogens (tertiary/aromatic N) is 2. The fourth-order valence-electron chi connectivity index (χ4n) is 2.47. The lowest BCUT2D eigenvalue weighted by Crippen LogP contribution is -2.37. The van der Waals surface area contributed by atoms with Crippen LogP contribution in [0.25, 0.3) is 0 Å². The first-order valence-corrected chi connectivity index (χ1v) is 6.94. The molecule has 0 amide bonds. The van der Waals surface area contributed by atoms with Gasteiger partial charge in [0, 0.05) is 25.4 Å². The predicted molar refractivity (Wildman–Crippen MR) is 79.5 cm³/mol. The SMILES string of the molecule is CCC(CC)N(CCOC)c1ccc(C#N)cc1C. The highest BCUT2D eigenvalue weighted by Gasteiger charge is 2.17. The molecule has 0 unspecified atom stereocenters. The van der Waals surface area contributed by atoms with Gasteiger partial charge in [-0.3, -0.25) is 0 Å². The molecule has 0 saturated heterocycles. The Labute approximate surface area is 116 Å². The van der Waals surface area contributed by atoms with E-state index in [0.29, 0.717) is 6.04 Å². The number of benzene rings is 1. The molecule has 1 aromatic rings. The van der Waals surface area contributed by atoms with Gasteiger partial charge in [-0.15, -0.1) is 0 Å². The molecule has 0 aromatic heterocycles. The third-order valence-corrected chi connectivity index (χ3v) is 3.55. The van der Waals surface area contributed by atoms with Gasteiger partial charge in [-0.25, -0.2) is 0 Å². The molecule has 3 nitrogen and oxygen atoms in total. The van der Waals surface area contributed by atoms with E-state index in [9.17, 15) is 0 Å². The van der Waals surface area contributed by atoms with Gasteiger partial charge in [0.1, 0.15) is 0 Å². The summed E-state index contributed by atoms with van der Waals surface area (Å²) in [5.41, 5.74) is 3.09. The zero-order valence-electron chi connectivity index (χ0n) is 12.4. The minimum Gasteiger partial charge on any atom is -0.383 e. The van der Waals surface area contributed by atoms with Crippen LogP contribution in [0, 0.1) is 18.3 Å². The molecule has 0 heterocycles. The summed E-state index contributed by atoms with van der Waals surface area (Å²) in [6.45, 7) is 8.10. The van der Waals surface area contributed by atoms with Crippen molar-refractivity contribution in [2.75, 3.05) is 25.2 Å². The second-order valence-electron chi connectivity index (χ2n) is 4.77. The Bertz CT molecular complexity index is 433. The Morgan fingerprint density at radius 1 is 1.32 bits per heavy atom. The molecule has 104 valence electrons. The fourth-order valence-corrected chi connectivity index (χ4v) is 2.47. The van der Waals surface area contributed by atoms with E-state index >= 15 is 0 Å². The Morgan fingerprint density at radius 3 is 2.47 bits per heavy atom. The highest BCUT2D eigenvalue weighted by atomic mass is 16.5. The maximum absolute atomic E-state index is 8.95. The average molecular weight is 260 g/mol. The third-order valence-electron chi connectivity index (χ3n) is 3.55. The molecule has 0 radical (unpaired) electrons. The number of anilines is 1. The van der Waals surface area contributed by atoms with Crippen molar-refractivity contribution in [2.24, 2.45) is 0 Å². The van der Waals surface area contributed by atoms with Crippen LogP contribution in [0.3, 0.4) is 0 Å². The molecule has 1 rings (SSSR count). The van der Waals surface area contributed by atoms with E-state index in [2.05, 4.69) is 37.8 Å². The van der Waals surface area contributed by atoms with Crippen LogP contribution >= 0.6 is 0 Å². The molecule has 0 bridgehead atoms. The quantitative estimate of drug-likeness (QED) is 0.752. The molecule has 0 atom stereocenters. The van der Waals surface area contributed by atoms with E-state index in [1.165, 1.54) is 5.69 Å². The summed E-state index contributed by atoms with van der Waals surface area (Å²) < 4.78 is 5.22. The number of hydrogen-bond donors (Lipinski definition) is 0. The number of nitriles is 1. The second-order valence-corrected chi connectivity index (χ2v) is 4.77. The summed E-state index contributed by atoms with van der Waals surface area (Å²) in [6.07, 6.45) is 2.22. The lowest BCUT2D eigenvalue weighted by Gasteiger charge is -2.33. The molecule has 19 heavy (non-hydrogen) atoms. The van der Waals surface area contributed by atoms with Crippen LogP contribution < -0.4 is 4.90 Å². The van der Waals surface area contributed by atoms with Gasteiger partial charge in [0.15, 0.2) is 0 Å². The van der Waals surface area contributed by atoms with E-state index < -0.39 is 0 Å². The number of methoxy groups -OCH3 is 1. The van der Waals surface area contributed by atoms with Crippen molar-refractivity contribution < 1.29 is 4.74 Å². The Morgan fingerprint density at radius 2 is 2.00 bits per heavy atom. The van der Waals surface area contributed by atoms with Crippen LogP contribution in [0.5, 0.6) is 0 Å². The first-order chi connectivity index (χ1) is 9.17. The topological polar surface area (TPSA) is 36.3 Å². The second kappa shape index (κ2) is 7.81. The largest absolute Gasteiger partial charge is 0.383 e.